The Bertz CT molecular complexity index is 223. The predicted octanol–water partition coefficient (Wildman–Crippen LogP) is 2.81. The minimum atomic E-state index is 0.310. The second-order valence-electron chi connectivity index (χ2n) is 3.09. The lowest BCUT2D eigenvalue weighted by Crippen LogP contribution is -2.11. The molecule has 0 saturated heterocycles. The number of rotatable bonds is 5. The largest absolute Gasteiger partial charge is 0.468 e. The van der Waals surface area contributed by atoms with E-state index in [1.165, 1.54) is 6.42 Å². The van der Waals surface area contributed by atoms with Gasteiger partial charge in [0.05, 0.1) is 11.5 Å². The highest BCUT2D eigenvalue weighted by Crippen LogP contribution is 2.32. The summed E-state index contributed by atoms with van der Waals surface area (Å²) in [5, 5.41) is 0.948. The molecule has 0 aliphatic heterocycles. The van der Waals surface area contributed by atoms with E-state index in [9.17, 15) is 0 Å². The molecule has 3 heteroatoms. The highest BCUT2D eigenvalue weighted by Gasteiger charge is 2.15. The van der Waals surface area contributed by atoms with Gasteiger partial charge in [0, 0.05) is 11.8 Å². The van der Waals surface area contributed by atoms with Crippen molar-refractivity contribution < 1.29 is 4.42 Å². The maximum absolute atomic E-state index is 5.69. The van der Waals surface area contributed by atoms with Gasteiger partial charge in [-0.2, -0.15) is 0 Å². The molecule has 0 aliphatic carbocycles. The van der Waals surface area contributed by atoms with Crippen molar-refractivity contribution in [1.29, 1.82) is 0 Å². The minimum Gasteiger partial charge on any atom is -0.468 e. The first kappa shape index (κ1) is 10.7. The van der Waals surface area contributed by atoms with Gasteiger partial charge in [-0.05, 0) is 18.6 Å². The molecular weight excluding hydrogens is 182 g/mol. The molecule has 13 heavy (non-hydrogen) atoms. The summed E-state index contributed by atoms with van der Waals surface area (Å²) in [5.74, 6) is 0.993. The third-order valence-corrected chi connectivity index (χ3v) is 3.60. The molecule has 0 radical (unpaired) electrons. The fourth-order valence-electron chi connectivity index (χ4n) is 1.09. The van der Waals surface area contributed by atoms with Gasteiger partial charge >= 0.3 is 0 Å². The average molecular weight is 199 g/mol. The van der Waals surface area contributed by atoms with E-state index >= 15 is 0 Å². The summed E-state index contributed by atoms with van der Waals surface area (Å²) >= 11 is 1.88. The molecule has 2 nitrogen and oxygen atoms in total. The SMILES string of the molecule is CCC(C)SC(CN)c1ccco1. The number of nitrogens with two attached hydrogens (primary N) is 1. The first-order valence-corrected chi connectivity index (χ1v) is 5.61. The molecule has 0 saturated carbocycles. The van der Waals surface area contributed by atoms with E-state index < -0.39 is 0 Å². The van der Waals surface area contributed by atoms with E-state index in [1.807, 2.05) is 23.9 Å². The molecule has 2 N–H and O–H groups in total. The molecule has 0 spiro atoms. The van der Waals surface area contributed by atoms with Gasteiger partial charge in [0.15, 0.2) is 0 Å². The number of hydrogen-bond acceptors (Lipinski definition) is 3. The van der Waals surface area contributed by atoms with Crippen molar-refractivity contribution >= 4 is 11.8 Å². The van der Waals surface area contributed by atoms with Gasteiger partial charge in [0.2, 0.25) is 0 Å². The highest BCUT2D eigenvalue weighted by molar-refractivity contribution is 8.00. The zero-order valence-electron chi connectivity index (χ0n) is 8.19. The van der Waals surface area contributed by atoms with Crippen LogP contribution in [0, 0.1) is 0 Å². The molecule has 1 heterocycles. The molecule has 0 aliphatic rings. The fraction of sp³-hybridized carbons (Fsp3) is 0.600. The summed E-state index contributed by atoms with van der Waals surface area (Å²) in [6.07, 6.45) is 2.87. The molecule has 1 aromatic rings. The van der Waals surface area contributed by atoms with Crippen LogP contribution >= 0.6 is 11.8 Å². The summed E-state index contributed by atoms with van der Waals surface area (Å²) in [4.78, 5) is 0. The van der Waals surface area contributed by atoms with Gasteiger partial charge in [-0.1, -0.05) is 13.8 Å². The van der Waals surface area contributed by atoms with E-state index in [4.69, 9.17) is 10.2 Å². The van der Waals surface area contributed by atoms with Gasteiger partial charge in [0.1, 0.15) is 5.76 Å². The average Bonchev–Trinajstić information content (AvgIpc) is 2.66. The highest BCUT2D eigenvalue weighted by atomic mass is 32.2. The van der Waals surface area contributed by atoms with E-state index in [-0.39, 0.29) is 0 Å². The van der Waals surface area contributed by atoms with Crippen molar-refractivity contribution in [2.24, 2.45) is 5.73 Å². The van der Waals surface area contributed by atoms with Crippen LogP contribution < -0.4 is 5.73 Å². The molecule has 0 bridgehead atoms. The minimum absolute atomic E-state index is 0.310. The van der Waals surface area contributed by atoms with Gasteiger partial charge in [-0.15, -0.1) is 11.8 Å². The van der Waals surface area contributed by atoms with E-state index in [0.29, 0.717) is 17.0 Å². The Balaban J connectivity index is 2.53. The van der Waals surface area contributed by atoms with Crippen molar-refractivity contribution in [1.82, 2.24) is 0 Å². The summed E-state index contributed by atoms with van der Waals surface area (Å²) in [5.41, 5.74) is 5.69. The third-order valence-electron chi connectivity index (χ3n) is 2.05. The molecule has 2 atom stereocenters. The smallest absolute Gasteiger partial charge is 0.118 e. The molecule has 2 unspecified atom stereocenters. The van der Waals surface area contributed by atoms with Crippen LogP contribution in [0.1, 0.15) is 31.3 Å². The van der Waals surface area contributed by atoms with Crippen molar-refractivity contribution in [3.63, 3.8) is 0 Å². The zero-order chi connectivity index (χ0) is 9.68. The quantitative estimate of drug-likeness (QED) is 0.792. The Hall–Kier alpha value is -0.410. The lowest BCUT2D eigenvalue weighted by molar-refractivity contribution is 0.506. The Labute approximate surface area is 83.9 Å². The lowest BCUT2D eigenvalue weighted by Gasteiger charge is -2.15. The Morgan fingerprint density at radius 1 is 1.62 bits per heavy atom. The van der Waals surface area contributed by atoms with Crippen LogP contribution in [0.3, 0.4) is 0 Å². The van der Waals surface area contributed by atoms with Gasteiger partial charge in [-0.25, -0.2) is 0 Å². The van der Waals surface area contributed by atoms with Crippen molar-refractivity contribution in [3.05, 3.63) is 24.2 Å². The van der Waals surface area contributed by atoms with Crippen molar-refractivity contribution in [2.45, 2.75) is 30.8 Å². The maximum Gasteiger partial charge on any atom is 0.118 e. The maximum atomic E-state index is 5.69. The summed E-state index contributed by atoms with van der Waals surface area (Å²) < 4.78 is 5.33. The predicted molar refractivity (Wildman–Crippen MR) is 57.8 cm³/mol. The number of furan rings is 1. The monoisotopic (exact) mass is 199 g/mol. The fourth-order valence-corrected chi connectivity index (χ4v) is 2.22. The number of thioether (sulfide) groups is 1. The van der Waals surface area contributed by atoms with Crippen LogP contribution in [-0.4, -0.2) is 11.8 Å². The lowest BCUT2D eigenvalue weighted by atomic mass is 10.3. The van der Waals surface area contributed by atoms with Gasteiger partial charge in [-0.3, -0.25) is 0 Å². The van der Waals surface area contributed by atoms with E-state index in [2.05, 4.69) is 13.8 Å². The normalized spacial score (nSPS) is 15.6. The van der Waals surface area contributed by atoms with Crippen LogP contribution in [0.2, 0.25) is 0 Å². The molecular formula is C10H17NOS. The van der Waals surface area contributed by atoms with Crippen LogP contribution in [0.15, 0.2) is 22.8 Å². The Kier molecular flexibility index (Phi) is 4.39. The second kappa shape index (κ2) is 5.35. The standard InChI is InChI=1S/C10H17NOS/c1-3-8(2)13-10(7-11)9-5-4-6-12-9/h4-6,8,10H,3,7,11H2,1-2H3. The summed E-state index contributed by atoms with van der Waals surface area (Å²) in [6, 6.07) is 3.90. The Morgan fingerprint density at radius 2 is 2.38 bits per heavy atom. The summed E-state index contributed by atoms with van der Waals surface area (Å²) in [6.45, 7) is 5.05. The van der Waals surface area contributed by atoms with Crippen LogP contribution in [0.4, 0.5) is 0 Å². The Morgan fingerprint density at radius 3 is 2.85 bits per heavy atom. The van der Waals surface area contributed by atoms with Gasteiger partial charge < -0.3 is 10.2 Å². The summed E-state index contributed by atoms with van der Waals surface area (Å²) in [7, 11) is 0. The zero-order valence-corrected chi connectivity index (χ0v) is 9.01. The topological polar surface area (TPSA) is 39.2 Å². The molecule has 1 aromatic heterocycles. The molecule has 0 aromatic carbocycles. The van der Waals surface area contributed by atoms with Crippen molar-refractivity contribution in [2.75, 3.05) is 6.54 Å². The van der Waals surface area contributed by atoms with Crippen LogP contribution in [0.5, 0.6) is 0 Å². The molecule has 74 valence electrons. The van der Waals surface area contributed by atoms with E-state index in [1.54, 1.807) is 6.26 Å². The van der Waals surface area contributed by atoms with E-state index in [0.717, 1.165) is 5.76 Å². The molecule has 0 fully saturated rings. The third kappa shape index (κ3) is 3.08. The van der Waals surface area contributed by atoms with Crippen molar-refractivity contribution in [3.8, 4) is 0 Å². The molecule has 0 amide bonds. The second-order valence-corrected chi connectivity index (χ2v) is 4.74. The number of hydrogen-bond donors (Lipinski definition) is 1. The van der Waals surface area contributed by atoms with Crippen LogP contribution in [0.25, 0.3) is 0 Å². The first-order valence-electron chi connectivity index (χ1n) is 4.66. The first-order chi connectivity index (χ1) is 6.27. The van der Waals surface area contributed by atoms with Gasteiger partial charge in [0.25, 0.3) is 0 Å². The van der Waals surface area contributed by atoms with Crippen LogP contribution in [-0.2, 0) is 0 Å². The molecule has 1 rings (SSSR count).